The van der Waals surface area contributed by atoms with Gasteiger partial charge in [0, 0.05) is 0 Å². The molecule has 0 rings (SSSR count). The molecule has 0 spiro atoms. The molecule has 0 bridgehead atoms. The minimum atomic E-state index is 1.26. The van der Waals surface area contributed by atoms with Gasteiger partial charge in [-0.2, -0.15) is 0 Å². The average Bonchev–Trinajstić information content (AvgIpc) is 1.37. The molecule has 0 unspecified atom stereocenters. The van der Waals surface area contributed by atoms with Crippen molar-refractivity contribution in [3.63, 3.8) is 0 Å². The van der Waals surface area contributed by atoms with Gasteiger partial charge in [-0.3, -0.25) is 0 Å². The molecule has 0 aliphatic rings. The van der Waals surface area contributed by atoms with Crippen molar-refractivity contribution in [1.82, 2.24) is 0 Å². The van der Waals surface area contributed by atoms with Gasteiger partial charge in [0.25, 0.3) is 0 Å². The van der Waals surface area contributed by atoms with Crippen LogP contribution in [0.3, 0.4) is 0 Å². The van der Waals surface area contributed by atoms with Gasteiger partial charge in [-0.15, -0.1) is 0 Å². The molecule has 0 heterocycles. The Morgan fingerprint density at radius 3 is 2.25 bits per heavy atom. The second-order valence-corrected chi connectivity index (χ2v) is 0.789. The predicted molar refractivity (Wildman–Crippen MR) is 16.0 cm³/mol. The molecule has 4 heavy (non-hydrogen) atoms. The quantitative estimate of drug-likeness (QED) is 0.308. The summed E-state index contributed by atoms with van der Waals surface area (Å²) in [5.41, 5.74) is 0. The van der Waals surface area contributed by atoms with Crippen LogP contribution in [0.15, 0.2) is 4.86 Å². The molecular weight excluding hydrogens is 115 g/mol. The summed E-state index contributed by atoms with van der Waals surface area (Å²) in [6.45, 7) is 0. The molecule has 0 saturated carbocycles. The Labute approximate surface area is 33.2 Å². The Balaban J connectivity index is 3.11. The van der Waals surface area contributed by atoms with Gasteiger partial charge in [0.15, 0.2) is 0 Å². The molecule has 0 aromatic heterocycles. The molecule has 0 saturated heterocycles. The Hall–Kier alpha value is 0.00844. The van der Waals surface area contributed by atoms with Crippen LogP contribution in [0.25, 0.3) is 0 Å². The Kier molecular flexibility index (Phi) is 3.01. The van der Waals surface area contributed by atoms with Crippen molar-refractivity contribution < 1.29 is 4.79 Å². The van der Waals surface area contributed by atoms with Gasteiger partial charge in [-0.25, -0.2) is 0 Å². The van der Waals surface area contributed by atoms with Crippen LogP contribution >= 0.6 is 0 Å². The van der Waals surface area contributed by atoms with E-state index in [1.165, 1.54) is 10.8 Å². The van der Waals surface area contributed by atoms with Gasteiger partial charge in [0.1, 0.15) is 0 Å². The summed E-state index contributed by atoms with van der Waals surface area (Å²) in [5.74, 6) is 1.53. The van der Waals surface area contributed by atoms with Crippen LogP contribution in [0.2, 0.25) is 0 Å². The van der Waals surface area contributed by atoms with E-state index in [1.807, 2.05) is 16.9 Å². The van der Waals surface area contributed by atoms with Gasteiger partial charge in [0.2, 0.25) is 0 Å². The summed E-state index contributed by atoms with van der Waals surface area (Å²) in [6, 6.07) is 0. The second kappa shape index (κ2) is 3.01. The van der Waals surface area contributed by atoms with E-state index < -0.39 is 0 Å². The van der Waals surface area contributed by atoms with Crippen LogP contribution in [0.1, 0.15) is 0 Å². The van der Waals surface area contributed by atoms with Crippen LogP contribution in [0.5, 0.6) is 0 Å². The molecule has 0 aromatic rings. The Bertz CT molecular complexity index is 44.0. The van der Waals surface area contributed by atoms with E-state index in [4.69, 9.17) is 4.79 Å². The molecule has 0 aliphatic heterocycles. The number of hydrogen-bond acceptors (Lipinski definition) is 1. The molecule has 0 amide bonds. The van der Waals surface area contributed by atoms with Crippen molar-refractivity contribution in [1.29, 1.82) is 0 Å². The van der Waals surface area contributed by atoms with E-state index in [9.17, 15) is 0 Å². The zero-order valence-electron chi connectivity index (χ0n) is 1.93. The molecule has 0 aliphatic carbocycles. The monoisotopic (exact) mass is 116 g/mol. The summed E-state index contributed by atoms with van der Waals surface area (Å²) in [6.07, 6.45) is 0. The average molecular weight is 116 g/mol. The van der Waals surface area contributed by atoms with E-state index in [2.05, 4.69) is 0 Å². The normalized spacial score (nSPS) is 4.25. The zero-order chi connectivity index (χ0) is 3.41. The minimum absolute atomic E-state index is 1.26. The van der Waals surface area contributed by atoms with Crippen molar-refractivity contribution in [3.8, 4) is 0 Å². The standard InChI is InChI=1S/C2HAsO/c3-1-2-4/h1H. The molecular formula is C2HAsO. The molecule has 0 aromatic carbocycles. The molecule has 0 atom stereocenters. The third-order valence-electron chi connectivity index (χ3n) is 0.0527. The van der Waals surface area contributed by atoms with Gasteiger partial charge in [-0.05, 0) is 0 Å². The first kappa shape index (κ1) is 4.01. The van der Waals surface area contributed by atoms with Crippen LogP contribution in [0, 0.1) is 0 Å². The topological polar surface area (TPSA) is 17.1 Å². The maximum absolute atomic E-state index is 8.98. The van der Waals surface area contributed by atoms with Gasteiger partial charge in [-0.1, -0.05) is 0 Å². The fourth-order valence-electron chi connectivity index (χ4n) is 0. The number of rotatable bonds is 0. The van der Waals surface area contributed by atoms with Crippen LogP contribution in [-0.2, 0) is 4.79 Å². The molecule has 0 fully saturated rings. The predicted octanol–water partition coefficient (Wildman–Crippen LogP) is -0.500. The molecule has 2 heteroatoms. The zero-order valence-corrected chi connectivity index (χ0v) is 3.81. The fourth-order valence-corrected chi connectivity index (χ4v) is 0. The second-order valence-electron chi connectivity index (χ2n) is 0.247. The molecule has 20 valence electrons. The summed E-state index contributed by atoms with van der Waals surface area (Å²) < 4.78 is 0. The van der Waals surface area contributed by atoms with Crippen LogP contribution in [0.4, 0.5) is 0 Å². The molecule has 2 radical (unpaired) electrons. The summed E-state index contributed by atoms with van der Waals surface area (Å²) in [4.78, 5) is 10.2. The first-order valence-corrected chi connectivity index (χ1v) is 1.83. The van der Waals surface area contributed by atoms with Crippen LogP contribution < -0.4 is 0 Å². The molecule has 0 N–H and O–H groups in total. The van der Waals surface area contributed by atoms with Crippen molar-refractivity contribution in [2.45, 2.75) is 0 Å². The maximum atomic E-state index is 8.98. The van der Waals surface area contributed by atoms with E-state index in [1.54, 1.807) is 0 Å². The van der Waals surface area contributed by atoms with Gasteiger partial charge in [0.05, 0.1) is 0 Å². The number of hydrogen-bond donors (Lipinski definition) is 0. The van der Waals surface area contributed by atoms with Crippen molar-refractivity contribution in [2.24, 2.45) is 0 Å². The van der Waals surface area contributed by atoms with E-state index in [0.717, 1.165) is 0 Å². The van der Waals surface area contributed by atoms with Gasteiger partial charge < -0.3 is 0 Å². The number of carbonyl (C=O) groups excluding carboxylic acids is 1. The first-order valence-electron chi connectivity index (χ1n) is 0.751. The third kappa shape index (κ3) is 2.01. The van der Waals surface area contributed by atoms with E-state index >= 15 is 0 Å². The van der Waals surface area contributed by atoms with Crippen molar-refractivity contribution in [2.75, 3.05) is 0 Å². The summed E-state index contributed by atoms with van der Waals surface area (Å²) in [7, 11) is 0. The van der Waals surface area contributed by atoms with Gasteiger partial charge >= 0.3 is 32.5 Å². The Morgan fingerprint density at radius 2 is 2.25 bits per heavy atom. The van der Waals surface area contributed by atoms with Crippen LogP contribution in [-0.4, -0.2) is 22.8 Å². The summed E-state index contributed by atoms with van der Waals surface area (Å²) in [5, 5.41) is 0. The first-order chi connectivity index (χ1) is 1.91. The summed E-state index contributed by atoms with van der Waals surface area (Å²) >= 11 is 1.99. The third-order valence-corrected chi connectivity index (χ3v) is 0.274. The molecule has 1 nitrogen and oxygen atoms in total. The van der Waals surface area contributed by atoms with Crippen molar-refractivity contribution in [3.05, 3.63) is 4.86 Å². The van der Waals surface area contributed by atoms with E-state index in [0.29, 0.717) is 0 Å². The van der Waals surface area contributed by atoms with Crippen molar-refractivity contribution >= 4 is 22.8 Å². The van der Waals surface area contributed by atoms with E-state index in [-0.39, 0.29) is 0 Å². The SMILES string of the molecule is O=C=C[As]. The Morgan fingerprint density at radius 1 is 2.00 bits per heavy atom. The fraction of sp³-hybridized carbons (Fsp3) is 0.